The van der Waals surface area contributed by atoms with Gasteiger partial charge in [0.2, 0.25) is 0 Å². The Labute approximate surface area is 216 Å². The van der Waals surface area contributed by atoms with Crippen LogP contribution >= 0.6 is 0 Å². The molecule has 36 heavy (non-hydrogen) atoms. The first-order valence-electron chi connectivity index (χ1n) is 13.5. The highest BCUT2D eigenvalue weighted by Crippen LogP contribution is 2.25. The second kappa shape index (κ2) is 15.0. The second-order valence-corrected chi connectivity index (χ2v) is 9.46. The summed E-state index contributed by atoms with van der Waals surface area (Å²) >= 11 is 0. The summed E-state index contributed by atoms with van der Waals surface area (Å²) < 4.78 is 10.7. The molecule has 0 amide bonds. The van der Waals surface area contributed by atoms with Gasteiger partial charge in [-0.05, 0) is 61.4 Å². The molecule has 5 heteroatoms. The smallest absolute Gasteiger partial charge is 0.431 e. The molecule has 0 aliphatic rings. The number of hydrogen-bond donors (Lipinski definition) is 0. The quantitative estimate of drug-likeness (QED) is 0.129. The molecule has 0 saturated heterocycles. The molecule has 3 aromatic rings. The topological polar surface area (TPSA) is 61.3 Å². The lowest BCUT2D eigenvalue weighted by atomic mass is 10.0. The van der Waals surface area contributed by atoms with Crippen molar-refractivity contribution in [3.63, 3.8) is 0 Å². The molecule has 0 bridgehead atoms. The Morgan fingerprint density at radius 3 is 1.92 bits per heavy atom. The molecule has 3 rings (SSSR count). The van der Waals surface area contributed by atoms with Crippen molar-refractivity contribution in [3.05, 3.63) is 66.5 Å². The fraction of sp³-hybridized carbons (Fsp3) is 0.452. The third-order valence-electron chi connectivity index (χ3n) is 6.32. The molecule has 0 radical (unpaired) electrons. The van der Waals surface area contributed by atoms with Crippen LogP contribution < -0.4 is 4.74 Å². The molecule has 0 fully saturated rings. The first-order chi connectivity index (χ1) is 17.6. The lowest BCUT2D eigenvalue weighted by Gasteiger charge is -2.13. The number of hydrogen-bond acceptors (Lipinski definition) is 5. The number of ether oxygens (including phenoxy) is 2. The minimum Gasteiger partial charge on any atom is -0.431 e. The van der Waals surface area contributed by atoms with Crippen LogP contribution in [0.1, 0.15) is 84.1 Å². The van der Waals surface area contributed by atoms with Gasteiger partial charge in [0.1, 0.15) is 11.9 Å². The lowest BCUT2D eigenvalue weighted by Crippen LogP contribution is -2.18. The molecule has 0 spiro atoms. The summed E-state index contributed by atoms with van der Waals surface area (Å²) in [6.07, 6.45) is 14.6. The van der Waals surface area contributed by atoms with Crippen LogP contribution in [-0.2, 0) is 11.2 Å². The SMILES string of the molecule is CCCCCCc1cnc(-c2ccc(-c3ccc(OC(=O)OC(C)CCCCCC)cc3)cc2)nc1. The van der Waals surface area contributed by atoms with Crippen LogP contribution in [0.15, 0.2) is 60.9 Å². The highest BCUT2D eigenvalue weighted by Gasteiger charge is 2.12. The van der Waals surface area contributed by atoms with Gasteiger partial charge in [-0.1, -0.05) is 88.8 Å². The summed E-state index contributed by atoms with van der Waals surface area (Å²) in [6.45, 7) is 6.32. The number of nitrogens with zero attached hydrogens (tertiary/aromatic N) is 2. The monoisotopic (exact) mass is 488 g/mol. The number of aromatic nitrogens is 2. The van der Waals surface area contributed by atoms with Gasteiger partial charge in [-0.25, -0.2) is 14.8 Å². The third kappa shape index (κ3) is 9.10. The lowest BCUT2D eigenvalue weighted by molar-refractivity contribution is 0.0613. The molecule has 1 atom stereocenters. The molecule has 0 aliphatic carbocycles. The number of carbonyl (C=O) groups is 1. The van der Waals surface area contributed by atoms with Crippen LogP contribution in [-0.4, -0.2) is 22.2 Å². The van der Waals surface area contributed by atoms with E-state index < -0.39 is 6.16 Å². The Balaban J connectivity index is 1.50. The van der Waals surface area contributed by atoms with Crippen LogP contribution in [0.2, 0.25) is 0 Å². The summed E-state index contributed by atoms with van der Waals surface area (Å²) in [5, 5.41) is 0. The summed E-state index contributed by atoms with van der Waals surface area (Å²) in [5.74, 6) is 1.21. The van der Waals surface area contributed by atoms with Gasteiger partial charge < -0.3 is 9.47 Å². The molecule has 1 heterocycles. The van der Waals surface area contributed by atoms with Gasteiger partial charge in [-0.3, -0.25) is 0 Å². The van der Waals surface area contributed by atoms with Gasteiger partial charge in [0.05, 0.1) is 0 Å². The summed E-state index contributed by atoms with van der Waals surface area (Å²) in [5.41, 5.74) is 4.29. The van der Waals surface area contributed by atoms with Crippen molar-refractivity contribution in [2.24, 2.45) is 0 Å². The minimum atomic E-state index is -0.651. The highest BCUT2D eigenvalue weighted by molar-refractivity contribution is 5.69. The normalized spacial score (nSPS) is 11.8. The molecular weight excluding hydrogens is 448 g/mol. The van der Waals surface area contributed by atoms with Crippen molar-refractivity contribution in [1.82, 2.24) is 9.97 Å². The highest BCUT2D eigenvalue weighted by atomic mass is 16.7. The van der Waals surface area contributed by atoms with Gasteiger partial charge in [0.15, 0.2) is 5.82 Å². The molecule has 0 saturated carbocycles. The van der Waals surface area contributed by atoms with Crippen molar-refractivity contribution >= 4 is 6.16 Å². The van der Waals surface area contributed by atoms with Crippen LogP contribution in [0, 0.1) is 0 Å². The number of unbranched alkanes of at least 4 members (excludes halogenated alkanes) is 6. The Bertz CT molecular complexity index is 1030. The number of benzene rings is 2. The predicted octanol–water partition coefficient (Wildman–Crippen LogP) is 8.81. The largest absolute Gasteiger partial charge is 0.514 e. The first-order valence-corrected chi connectivity index (χ1v) is 13.5. The molecule has 0 N–H and O–H groups in total. The van der Waals surface area contributed by atoms with Crippen LogP contribution in [0.25, 0.3) is 22.5 Å². The fourth-order valence-electron chi connectivity index (χ4n) is 4.12. The van der Waals surface area contributed by atoms with Crippen LogP contribution in [0.3, 0.4) is 0 Å². The summed E-state index contributed by atoms with van der Waals surface area (Å²) in [6, 6.07) is 15.6. The standard InChI is InChI=1S/C31H40N2O3/c1-4-6-8-10-12-24(3)35-31(34)36-29-20-18-27(19-21-29)26-14-16-28(17-15-26)30-32-22-25(23-33-30)13-11-9-7-5-2/h14-24H,4-13H2,1-3H3. The molecule has 1 aromatic heterocycles. The van der Waals surface area contributed by atoms with E-state index in [1.54, 1.807) is 12.1 Å². The summed E-state index contributed by atoms with van der Waals surface area (Å²) in [4.78, 5) is 21.2. The maximum absolute atomic E-state index is 12.1. The Morgan fingerprint density at radius 1 is 0.750 bits per heavy atom. The van der Waals surface area contributed by atoms with E-state index in [2.05, 4.69) is 35.9 Å². The van der Waals surface area contributed by atoms with E-state index in [-0.39, 0.29) is 6.10 Å². The van der Waals surface area contributed by atoms with E-state index in [4.69, 9.17) is 9.47 Å². The summed E-state index contributed by atoms with van der Waals surface area (Å²) in [7, 11) is 0. The molecule has 192 valence electrons. The zero-order valence-corrected chi connectivity index (χ0v) is 22.0. The average Bonchev–Trinajstić information content (AvgIpc) is 2.90. The van der Waals surface area contributed by atoms with E-state index in [1.807, 2.05) is 43.6 Å². The van der Waals surface area contributed by atoms with Crippen molar-refractivity contribution in [2.45, 2.75) is 91.1 Å². The maximum Gasteiger partial charge on any atom is 0.514 e. The molecule has 0 aliphatic heterocycles. The number of rotatable bonds is 14. The van der Waals surface area contributed by atoms with Gasteiger partial charge in [-0.15, -0.1) is 0 Å². The molecule has 2 aromatic carbocycles. The van der Waals surface area contributed by atoms with Gasteiger partial charge in [0, 0.05) is 18.0 Å². The molecule has 1 unspecified atom stereocenters. The third-order valence-corrected chi connectivity index (χ3v) is 6.32. The van der Waals surface area contributed by atoms with E-state index >= 15 is 0 Å². The Morgan fingerprint density at radius 2 is 1.31 bits per heavy atom. The van der Waals surface area contributed by atoms with E-state index in [0.29, 0.717) is 5.75 Å². The maximum atomic E-state index is 12.1. The van der Waals surface area contributed by atoms with Crippen molar-refractivity contribution in [2.75, 3.05) is 0 Å². The van der Waals surface area contributed by atoms with Crippen molar-refractivity contribution in [3.8, 4) is 28.3 Å². The van der Waals surface area contributed by atoms with Crippen LogP contribution in [0.4, 0.5) is 4.79 Å². The first kappa shape index (κ1) is 27.4. The zero-order valence-electron chi connectivity index (χ0n) is 22.0. The fourth-order valence-corrected chi connectivity index (χ4v) is 4.12. The van der Waals surface area contributed by atoms with Crippen molar-refractivity contribution < 1.29 is 14.3 Å². The van der Waals surface area contributed by atoms with Gasteiger partial charge in [-0.2, -0.15) is 0 Å². The van der Waals surface area contributed by atoms with Crippen LogP contribution in [0.5, 0.6) is 5.75 Å². The Kier molecular flexibility index (Phi) is 11.4. The molecular formula is C31H40N2O3. The number of carbonyl (C=O) groups excluding carboxylic acids is 1. The zero-order chi connectivity index (χ0) is 25.6. The predicted molar refractivity (Wildman–Crippen MR) is 146 cm³/mol. The van der Waals surface area contributed by atoms with Gasteiger partial charge in [0.25, 0.3) is 0 Å². The van der Waals surface area contributed by atoms with Gasteiger partial charge >= 0.3 is 6.16 Å². The second-order valence-electron chi connectivity index (χ2n) is 9.46. The number of aryl methyl sites for hydroxylation is 1. The van der Waals surface area contributed by atoms with E-state index in [1.165, 1.54) is 50.5 Å². The van der Waals surface area contributed by atoms with Crippen molar-refractivity contribution in [1.29, 1.82) is 0 Å². The molecule has 5 nitrogen and oxygen atoms in total. The van der Waals surface area contributed by atoms with E-state index in [9.17, 15) is 4.79 Å². The minimum absolute atomic E-state index is 0.141. The average molecular weight is 489 g/mol. The van der Waals surface area contributed by atoms with E-state index in [0.717, 1.165) is 41.8 Å². The Hall–Kier alpha value is -3.21.